The highest BCUT2D eigenvalue weighted by molar-refractivity contribution is 5.99. The van der Waals surface area contributed by atoms with Crippen LogP contribution in [0.1, 0.15) is 47.4 Å². The van der Waals surface area contributed by atoms with Gasteiger partial charge in [0.1, 0.15) is 0 Å². The number of esters is 1. The van der Waals surface area contributed by atoms with E-state index in [0.717, 1.165) is 41.9 Å². The van der Waals surface area contributed by atoms with Gasteiger partial charge in [-0.2, -0.15) is 5.10 Å². The summed E-state index contributed by atoms with van der Waals surface area (Å²) in [5.74, 6) is -0.342. The fourth-order valence-electron chi connectivity index (χ4n) is 4.11. The summed E-state index contributed by atoms with van der Waals surface area (Å²) >= 11 is 0. The van der Waals surface area contributed by atoms with E-state index >= 15 is 0 Å². The van der Waals surface area contributed by atoms with E-state index in [1.807, 2.05) is 61.5 Å². The Balaban J connectivity index is 1.34. The molecule has 1 amide bonds. The van der Waals surface area contributed by atoms with Gasteiger partial charge in [-0.15, -0.1) is 0 Å². The second kappa shape index (κ2) is 7.44. The molecule has 2 aliphatic rings. The summed E-state index contributed by atoms with van der Waals surface area (Å²) in [7, 11) is 0. The summed E-state index contributed by atoms with van der Waals surface area (Å²) in [5.41, 5.74) is 4.09. The molecule has 152 valence electrons. The minimum atomic E-state index is -0.535. The highest BCUT2D eigenvalue weighted by atomic mass is 16.5. The van der Waals surface area contributed by atoms with Gasteiger partial charge in [-0.3, -0.25) is 4.79 Å². The molecular weight excluding hydrogens is 378 g/mol. The second-order valence-electron chi connectivity index (χ2n) is 8.00. The van der Waals surface area contributed by atoms with Crippen LogP contribution < -0.4 is 4.90 Å². The van der Waals surface area contributed by atoms with Crippen LogP contribution in [0.3, 0.4) is 0 Å². The number of carbonyl (C=O) groups excluding carboxylic acids is 2. The Kier molecular flexibility index (Phi) is 4.62. The van der Waals surface area contributed by atoms with Crippen molar-refractivity contribution in [3.63, 3.8) is 0 Å². The monoisotopic (exact) mass is 401 g/mol. The summed E-state index contributed by atoms with van der Waals surface area (Å²) in [6.45, 7) is 1.71. The summed E-state index contributed by atoms with van der Waals surface area (Å²) in [6.07, 6.45) is 2.98. The predicted octanol–water partition coefficient (Wildman–Crippen LogP) is 3.88. The molecular formula is C24H23N3O3. The maximum absolute atomic E-state index is 12.9. The van der Waals surface area contributed by atoms with Crippen molar-refractivity contribution in [2.24, 2.45) is 0 Å². The average Bonchev–Trinajstić information content (AvgIpc) is 3.42. The van der Waals surface area contributed by atoms with E-state index < -0.39 is 5.97 Å². The Morgan fingerprint density at radius 3 is 2.57 bits per heavy atom. The fourth-order valence-corrected chi connectivity index (χ4v) is 4.11. The fraction of sp³-hybridized carbons (Fsp3) is 0.292. The number of aromatic nitrogens is 2. The van der Waals surface area contributed by atoms with Crippen LogP contribution >= 0.6 is 0 Å². The number of benzene rings is 2. The maximum atomic E-state index is 12.9. The first-order valence-electron chi connectivity index (χ1n) is 10.3. The molecule has 1 aromatic heterocycles. The molecule has 2 aromatic carbocycles. The molecule has 1 fully saturated rings. The van der Waals surface area contributed by atoms with Crippen LogP contribution in [0.15, 0.2) is 60.7 Å². The second-order valence-corrected chi connectivity index (χ2v) is 8.00. The number of nitrogens with zero attached hydrogens (tertiary/aromatic N) is 3. The number of anilines is 1. The highest BCUT2D eigenvalue weighted by Crippen LogP contribution is 2.40. The van der Waals surface area contributed by atoms with Gasteiger partial charge in [-0.25, -0.2) is 9.48 Å². The quantitative estimate of drug-likeness (QED) is 0.609. The number of rotatable bonds is 5. The van der Waals surface area contributed by atoms with Gasteiger partial charge in [0.15, 0.2) is 12.3 Å². The zero-order valence-corrected chi connectivity index (χ0v) is 16.8. The van der Waals surface area contributed by atoms with Crippen molar-refractivity contribution >= 4 is 17.6 Å². The molecule has 5 rings (SSSR count). The first-order chi connectivity index (χ1) is 14.6. The van der Waals surface area contributed by atoms with Crippen molar-refractivity contribution in [1.82, 2.24) is 9.78 Å². The van der Waals surface area contributed by atoms with Crippen molar-refractivity contribution in [3.05, 3.63) is 77.6 Å². The Labute approximate surface area is 175 Å². The van der Waals surface area contributed by atoms with E-state index in [2.05, 4.69) is 5.10 Å². The van der Waals surface area contributed by atoms with Gasteiger partial charge in [-0.1, -0.05) is 36.4 Å². The normalized spacial score (nSPS) is 17.6. The van der Waals surface area contributed by atoms with Gasteiger partial charge in [0.05, 0.1) is 11.4 Å². The first kappa shape index (κ1) is 18.6. The third-order valence-electron chi connectivity index (χ3n) is 5.74. The lowest BCUT2D eigenvalue weighted by molar-refractivity contribution is -0.122. The highest BCUT2D eigenvalue weighted by Gasteiger charge is 2.32. The van der Waals surface area contributed by atoms with E-state index in [9.17, 15) is 9.59 Å². The van der Waals surface area contributed by atoms with Gasteiger partial charge < -0.3 is 9.64 Å². The van der Waals surface area contributed by atoms with Crippen LogP contribution in [0.4, 0.5) is 5.69 Å². The van der Waals surface area contributed by atoms with Crippen molar-refractivity contribution in [2.75, 3.05) is 11.5 Å². The maximum Gasteiger partial charge on any atom is 0.357 e. The molecule has 0 spiro atoms. The van der Waals surface area contributed by atoms with Crippen molar-refractivity contribution in [2.45, 2.75) is 38.1 Å². The van der Waals surface area contributed by atoms with Gasteiger partial charge >= 0.3 is 5.97 Å². The molecule has 1 aliphatic carbocycles. The lowest BCUT2D eigenvalue weighted by Crippen LogP contribution is -2.38. The summed E-state index contributed by atoms with van der Waals surface area (Å²) in [4.78, 5) is 27.5. The van der Waals surface area contributed by atoms with Crippen molar-refractivity contribution < 1.29 is 14.3 Å². The summed E-state index contributed by atoms with van der Waals surface area (Å²) in [6, 6.07) is 19.2. The molecule has 1 aliphatic heterocycles. The Morgan fingerprint density at radius 2 is 1.80 bits per heavy atom. The van der Waals surface area contributed by atoms with Crippen LogP contribution in [0.2, 0.25) is 0 Å². The molecule has 2 heterocycles. The number of fused-ring (bicyclic) bond motifs is 1. The van der Waals surface area contributed by atoms with E-state index in [1.54, 1.807) is 15.6 Å². The SMILES string of the molecule is CC1Cc2ccccc2N1C(=O)COC(=O)c1cc(C2CC2)nn1-c1ccccc1. The zero-order chi connectivity index (χ0) is 20.7. The predicted molar refractivity (Wildman–Crippen MR) is 113 cm³/mol. The Bertz CT molecular complexity index is 1100. The molecule has 1 atom stereocenters. The summed E-state index contributed by atoms with van der Waals surface area (Å²) in [5, 5.41) is 4.63. The van der Waals surface area contributed by atoms with Crippen LogP contribution in [0.25, 0.3) is 5.69 Å². The molecule has 0 saturated heterocycles. The molecule has 0 bridgehead atoms. The largest absolute Gasteiger partial charge is 0.451 e. The molecule has 1 saturated carbocycles. The van der Waals surface area contributed by atoms with E-state index in [-0.39, 0.29) is 18.6 Å². The van der Waals surface area contributed by atoms with Crippen LogP contribution in [-0.4, -0.2) is 34.3 Å². The number of hydrogen-bond acceptors (Lipinski definition) is 4. The number of para-hydroxylation sites is 2. The molecule has 6 nitrogen and oxygen atoms in total. The van der Waals surface area contributed by atoms with Gasteiger partial charge in [0.25, 0.3) is 5.91 Å². The van der Waals surface area contributed by atoms with Crippen molar-refractivity contribution in [3.8, 4) is 5.69 Å². The number of ether oxygens (including phenoxy) is 1. The lowest BCUT2D eigenvalue weighted by Gasteiger charge is -2.22. The minimum Gasteiger partial charge on any atom is -0.451 e. The number of amides is 1. The molecule has 30 heavy (non-hydrogen) atoms. The number of carbonyl (C=O) groups is 2. The number of hydrogen-bond donors (Lipinski definition) is 0. The van der Waals surface area contributed by atoms with Crippen LogP contribution in [0.5, 0.6) is 0 Å². The van der Waals surface area contributed by atoms with Gasteiger partial charge in [0, 0.05) is 17.6 Å². The molecule has 3 aromatic rings. The molecule has 0 N–H and O–H groups in total. The standard InChI is InChI=1S/C24H23N3O3/c1-16-13-18-7-5-6-10-21(18)26(16)23(28)15-30-24(29)22-14-20(17-11-12-17)25-27(22)19-8-3-2-4-9-19/h2-10,14,16-17H,11-13,15H2,1H3. The lowest BCUT2D eigenvalue weighted by atomic mass is 10.1. The average molecular weight is 401 g/mol. The smallest absolute Gasteiger partial charge is 0.357 e. The third kappa shape index (κ3) is 3.38. The molecule has 0 radical (unpaired) electrons. The molecule has 6 heteroatoms. The van der Waals surface area contributed by atoms with E-state index in [0.29, 0.717) is 11.6 Å². The van der Waals surface area contributed by atoms with Crippen molar-refractivity contribution in [1.29, 1.82) is 0 Å². The topological polar surface area (TPSA) is 64.4 Å². The summed E-state index contributed by atoms with van der Waals surface area (Å²) < 4.78 is 7.07. The van der Waals surface area contributed by atoms with E-state index in [1.165, 1.54) is 0 Å². The van der Waals surface area contributed by atoms with E-state index in [4.69, 9.17) is 4.74 Å². The third-order valence-corrected chi connectivity index (χ3v) is 5.74. The Morgan fingerprint density at radius 1 is 1.07 bits per heavy atom. The zero-order valence-electron chi connectivity index (χ0n) is 16.8. The first-order valence-corrected chi connectivity index (χ1v) is 10.3. The van der Waals surface area contributed by atoms with Crippen LogP contribution in [0, 0.1) is 0 Å². The minimum absolute atomic E-state index is 0.0462. The Hall–Kier alpha value is -3.41. The van der Waals surface area contributed by atoms with Gasteiger partial charge in [0.2, 0.25) is 0 Å². The molecule has 1 unspecified atom stereocenters. The van der Waals surface area contributed by atoms with Crippen LogP contribution in [-0.2, 0) is 16.0 Å². The van der Waals surface area contributed by atoms with Gasteiger partial charge in [-0.05, 0) is 56.0 Å².